The largest absolute Gasteiger partial charge is 0.496 e. The molecule has 2 N–H and O–H groups in total. The molecule has 0 aliphatic rings. The van der Waals surface area contributed by atoms with Gasteiger partial charge in [0.25, 0.3) is 0 Å². The standard InChI is InChI=1S/C15H16ClNO/c1-10(17)11-3-5-12(6-4-11)14-9-13(16)7-8-15(14)18-2/h3-10H,17H2,1-2H3. The van der Waals surface area contributed by atoms with E-state index in [2.05, 4.69) is 0 Å². The lowest BCUT2D eigenvalue weighted by Crippen LogP contribution is -2.04. The van der Waals surface area contributed by atoms with Gasteiger partial charge in [0.1, 0.15) is 5.75 Å². The van der Waals surface area contributed by atoms with E-state index < -0.39 is 0 Å². The van der Waals surface area contributed by atoms with E-state index in [0.29, 0.717) is 5.02 Å². The van der Waals surface area contributed by atoms with Crippen molar-refractivity contribution in [3.05, 3.63) is 53.1 Å². The van der Waals surface area contributed by atoms with Crippen molar-refractivity contribution >= 4 is 11.6 Å². The molecule has 1 atom stereocenters. The van der Waals surface area contributed by atoms with Crippen molar-refractivity contribution in [2.24, 2.45) is 5.73 Å². The number of ether oxygens (including phenoxy) is 1. The van der Waals surface area contributed by atoms with Crippen LogP contribution in [0.4, 0.5) is 0 Å². The fourth-order valence-corrected chi connectivity index (χ4v) is 2.04. The molecule has 2 rings (SSSR count). The van der Waals surface area contributed by atoms with Crippen molar-refractivity contribution in [2.45, 2.75) is 13.0 Å². The molecule has 0 spiro atoms. The number of benzene rings is 2. The summed E-state index contributed by atoms with van der Waals surface area (Å²) < 4.78 is 5.35. The van der Waals surface area contributed by atoms with E-state index in [1.54, 1.807) is 7.11 Å². The topological polar surface area (TPSA) is 35.2 Å². The fourth-order valence-electron chi connectivity index (χ4n) is 1.87. The monoisotopic (exact) mass is 261 g/mol. The van der Waals surface area contributed by atoms with E-state index >= 15 is 0 Å². The van der Waals surface area contributed by atoms with Gasteiger partial charge in [0.15, 0.2) is 0 Å². The first-order valence-electron chi connectivity index (χ1n) is 5.81. The molecule has 1 unspecified atom stereocenters. The van der Waals surface area contributed by atoms with Gasteiger partial charge < -0.3 is 10.5 Å². The molecule has 0 saturated carbocycles. The Hall–Kier alpha value is -1.51. The third-order valence-corrected chi connectivity index (χ3v) is 3.14. The average molecular weight is 262 g/mol. The molecule has 0 heterocycles. The number of halogens is 1. The first-order chi connectivity index (χ1) is 8.61. The van der Waals surface area contributed by atoms with Gasteiger partial charge in [0.2, 0.25) is 0 Å². The summed E-state index contributed by atoms with van der Waals surface area (Å²) in [7, 11) is 1.66. The van der Waals surface area contributed by atoms with Gasteiger partial charge in [-0.2, -0.15) is 0 Å². The number of hydrogen-bond donors (Lipinski definition) is 1. The fraction of sp³-hybridized carbons (Fsp3) is 0.200. The molecule has 2 aromatic carbocycles. The number of rotatable bonds is 3. The maximum absolute atomic E-state index is 6.03. The highest BCUT2D eigenvalue weighted by Gasteiger charge is 2.07. The van der Waals surface area contributed by atoms with Crippen LogP contribution in [-0.2, 0) is 0 Å². The summed E-state index contributed by atoms with van der Waals surface area (Å²) in [6, 6.07) is 13.8. The van der Waals surface area contributed by atoms with Gasteiger partial charge in [0, 0.05) is 16.6 Å². The Labute approximate surface area is 112 Å². The van der Waals surface area contributed by atoms with Crippen LogP contribution in [0.25, 0.3) is 11.1 Å². The SMILES string of the molecule is COc1ccc(Cl)cc1-c1ccc(C(C)N)cc1. The van der Waals surface area contributed by atoms with E-state index in [9.17, 15) is 0 Å². The summed E-state index contributed by atoms with van der Waals surface area (Å²) in [4.78, 5) is 0. The lowest BCUT2D eigenvalue weighted by atomic mass is 10.0. The molecular weight excluding hydrogens is 246 g/mol. The average Bonchev–Trinajstić information content (AvgIpc) is 2.39. The summed E-state index contributed by atoms with van der Waals surface area (Å²) in [5.41, 5.74) is 9.00. The molecular formula is C15H16ClNO. The molecule has 0 amide bonds. The van der Waals surface area contributed by atoms with E-state index in [4.69, 9.17) is 22.1 Å². The van der Waals surface area contributed by atoms with Crippen molar-refractivity contribution in [3.63, 3.8) is 0 Å². The van der Waals surface area contributed by atoms with E-state index in [-0.39, 0.29) is 6.04 Å². The Morgan fingerprint density at radius 1 is 1.11 bits per heavy atom. The van der Waals surface area contributed by atoms with Crippen LogP contribution < -0.4 is 10.5 Å². The van der Waals surface area contributed by atoms with Crippen molar-refractivity contribution in [1.82, 2.24) is 0 Å². The molecule has 0 aliphatic heterocycles. The Morgan fingerprint density at radius 3 is 2.33 bits per heavy atom. The summed E-state index contributed by atoms with van der Waals surface area (Å²) in [6.45, 7) is 1.97. The number of methoxy groups -OCH3 is 1. The van der Waals surface area contributed by atoms with Crippen LogP contribution in [-0.4, -0.2) is 7.11 Å². The van der Waals surface area contributed by atoms with Gasteiger partial charge in [-0.05, 0) is 36.2 Å². The van der Waals surface area contributed by atoms with Crippen LogP contribution in [0.2, 0.25) is 5.02 Å². The van der Waals surface area contributed by atoms with Crippen LogP contribution in [0.3, 0.4) is 0 Å². The third kappa shape index (κ3) is 2.66. The summed E-state index contributed by atoms with van der Waals surface area (Å²) >= 11 is 6.03. The van der Waals surface area contributed by atoms with Crippen LogP contribution >= 0.6 is 11.6 Å². The van der Waals surface area contributed by atoms with Crippen molar-refractivity contribution < 1.29 is 4.74 Å². The Kier molecular flexibility index (Phi) is 3.90. The van der Waals surface area contributed by atoms with E-state index in [1.165, 1.54) is 0 Å². The Bertz CT molecular complexity index is 535. The molecule has 0 saturated heterocycles. The lowest BCUT2D eigenvalue weighted by molar-refractivity contribution is 0.416. The number of hydrogen-bond acceptors (Lipinski definition) is 2. The van der Waals surface area contributed by atoms with Crippen LogP contribution in [0, 0.1) is 0 Å². The maximum atomic E-state index is 6.03. The van der Waals surface area contributed by atoms with Gasteiger partial charge in [-0.1, -0.05) is 35.9 Å². The molecule has 0 radical (unpaired) electrons. The Morgan fingerprint density at radius 2 is 1.78 bits per heavy atom. The van der Waals surface area contributed by atoms with Gasteiger partial charge >= 0.3 is 0 Å². The highest BCUT2D eigenvalue weighted by atomic mass is 35.5. The summed E-state index contributed by atoms with van der Waals surface area (Å²) in [5.74, 6) is 0.813. The van der Waals surface area contributed by atoms with Gasteiger partial charge in [-0.3, -0.25) is 0 Å². The second kappa shape index (κ2) is 5.42. The first kappa shape index (κ1) is 12.9. The van der Waals surface area contributed by atoms with Crippen molar-refractivity contribution in [2.75, 3.05) is 7.11 Å². The summed E-state index contributed by atoms with van der Waals surface area (Å²) in [5, 5.41) is 0.696. The molecule has 2 nitrogen and oxygen atoms in total. The predicted octanol–water partition coefficient (Wildman–Crippen LogP) is 4.04. The van der Waals surface area contributed by atoms with Crippen LogP contribution in [0.15, 0.2) is 42.5 Å². The van der Waals surface area contributed by atoms with Crippen molar-refractivity contribution in [3.8, 4) is 16.9 Å². The molecule has 0 fully saturated rings. The zero-order valence-electron chi connectivity index (χ0n) is 10.5. The van der Waals surface area contributed by atoms with Gasteiger partial charge in [-0.25, -0.2) is 0 Å². The third-order valence-electron chi connectivity index (χ3n) is 2.91. The maximum Gasteiger partial charge on any atom is 0.126 e. The number of nitrogens with two attached hydrogens (primary N) is 1. The minimum Gasteiger partial charge on any atom is -0.496 e. The second-order valence-corrected chi connectivity index (χ2v) is 4.69. The predicted molar refractivity (Wildman–Crippen MR) is 76.0 cm³/mol. The normalized spacial score (nSPS) is 12.2. The van der Waals surface area contributed by atoms with Crippen molar-refractivity contribution in [1.29, 1.82) is 0 Å². The minimum atomic E-state index is 0.0420. The molecule has 18 heavy (non-hydrogen) atoms. The molecule has 0 bridgehead atoms. The zero-order valence-corrected chi connectivity index (χ0v) is 11.2. The highest BCUT2D eigenvalue weighted by molar-refractivity contribution is 6.31. The van der Waals surface area contributed by atoms with Gasteiger partial charge in [-0.15, -0.1) is 0 Å². The minimum absolute atomic E-state index is 0.0420. The smallest absolute Gasteiger partial charge is 0.126 e. The Balaban J connectivity index is 2.44. The second-order valence-electron chi connectivity index (χ2n) is 4.26. The molecule has 0 aromatic heterocycles. The van der Waals surface area contributed by atoms with Gasteiger partial charge in [0.05, 0.1) is 7.11 Å². The zero-order chi connectivity index (χ0) is 13.1. The molecule has 0 aliphatic carbocycles. The molecule has 2 aromatic rings. The molecule has 3 heteroatoms. The highest BCUT2D eigenvalue weighted by Crippen LogP contribution is 2.32. The first-order valence-corrected chi connectivity index (χ1v) is 6.19. The summed E-state index contributed by atoms with van der Waals surface area (Å²) in [6.07, 6.45) is 0. The van der Waals surface area contributed by atoms with Crippen LogP contribution in [0.5, 0.6) is 5.75 Å². The van der Waals surface area contributed by atoms with E-state index in [1.807, 2.05) is 49.4 Å². The quantitative estimate of drug-likeness (QED) is 0.905. The lowest BCUT2D eigenvalue weighted by Gasteiger charge is -2.11. The van der Waals surface area contributed by atoms with E-state index in [0.717, 1.165) is 22.4 Å². The molecule has 94 valence electrons. The van der Waals surface area contributed by atoms with Crippen LogP contribution in [0.1, 0.15) is 18.5 Å².